The first-order valence-corrected chi connectivity index (χ1v) is 13.1. The molecule has 1 saturated heterocycles. The topological polar surface area (TPSA) is 29.5 Å². The van der Waals surface area contributed by atoms with Crippen LogP contribution in [0.25, 0.3) is 0 Å². The highest BCUT2D eigenvalue weighted by molar-refractivity contribution is 5.13. The Balaban J connectivity index is 1.33. The molecular formula is C27H46O2. The van der Waals surface area contributed by atoms with Crippen LogP contribution < -0.4 is 0 Å². The van der Waals surface area contributed by atoms with Gasteiger partial charge in [-0.1, -0.05) is 40.5 Å². The molecule has 2 nitrogen and oxygen atoms in total. The summed E-state index contributed by atoms with van der Waals surface area (Å²) in [6, 6.07) is 0. The van der Waals surface area contributed by atoms with E-state index in [-0.39, 0.29) is 0 Å². The van der Waals surface area contributed by atoms with Crippen LogP contribution in [0.1, 0.15) is 98.3 Å². The Kier molecular flexibility index (Phi) is 5.38. The first-order valence-electron chi connectivity index (χ1n) is 13.1. The van der Waals surface area contributed by atoms with Crippen molar-refractivity contribution >= 4 is 0 Å². The van der Waals surface area contributed by atoms with Crippen molar-refractivity contribution in [2.75, 3.05) is 6.61 Å². The first-order chi connectivity index (χ1) is 13.9. The highest BCUT2D eigenvalue weighted by atomic mass is 16.5. The number of hydrogen-bond acceptors (Lipinski definition) is 2. The summed E-state index contributed by atoms with van der Waals surface area (Å²) >= 11 is 0. The number of aliphatic hydroxyl groups excluding tert-OH is 1. The lowest BCUT2D eigenvalue weighted by molar-refractivity contribution is -0.115. The Morgan fingerprint density at radius 1 is 1.00 bits per heavy atom. The molecule has 1 heterocycles. The van der Waals surface area contributed by atoms with Crippen LogP contribution in [0.5, 0.6) is 0 Å². The van der Waals surface area contributed by atoms with Crippen LogP contribution in [0.3, 0.4) is 0 Å². The number of fused-ring (bicyclic) bond motifs is 7. The van der Waals surface area contributed by atoms with Gasteiger partial charge >= 0.3 is 0 Å². The maximum atomic E-state index is 9.40. The third-order valence-corrected chi connectivity index (χ3v) is 11.4. The fourth-order valence-corrected chi connectivity index (χ4v) is 9.85. The van der Waals surface area contributed by atoms with Gasteiger partial charge < -0.3 is 9.84 Å². The van der Waals surface area contributed by atoms with Crippen molar-refractivity contribution in [2.24, 2.45) is 52.3 Å². The van der Waals surface area contributed by atoms with E-state index in [4.69, 9.17) is 4.74 Å². The third-order valence-electron chi connectivity index (χ3n) is 11.4. The van der Waals surface area contributed by atoms with Gasteiger partial charge in [0.2, 0.25) is 0 Å². The fraction of sp³-hybridized carbons (Fsp3) is 1.00. The Labute approximate surface area is 179 Å². The van der Waals surface area contributed by atoms with E-state index >= 15 is 0 Å². The lowest BCUT2D eigenvalue weighted by Gasteiger charge is -2.60. The summed E-state index contributed by atoms with van der Waals surface area (Å²) in [5.41, 5.74) is 1.16. The molecule has 0 bridgehead atoms. The Hall–Kier alpha value is -0.0800. The minimum atomic E-state index is 0.316. The molecule has 5 aliphatic rings. The van der Waals surface area contributed by atoms with Crippen molar-refractivity contribution in [3.8, 4) is 0 Å². The van der Waals surface area contributed by atoms with Crippen molar-refractivity contribution in [3.05, 3.63) is 0 Å². The summed E-state index contributed by atoms with van der Waals surface area (Å²) in [7, 11) is 0. The van der Waals surface area contributed by atoms with Gasteiger partial charge in [0.1, 0.15) is 0 Å². The van der Waals surface area contributed by atoms with E-state index in [9.17, 15) is 5.11 Å². The molecule has 0 amide bonds. The van der Waals surface area contributed by atoms with Gasteiger partial charge in [-0.25, -0.2) is 0 Å². The van der Waals surface area contributed by atoms with E-state index in [1.807, 2.05) is 0 Å². The summed E-state index contributed by atoms with van der Waals surface area (Å²) in [6.07, 6.45) is 16.5. The predicted octanol–water partition coefficient (Wildman–Crippen LogP) is 6.46. The van der Waals surface area contributed by atoms with Crippen molar-refractivity contribution in [1.82, 2.24) is 0 Å². The standard InChI is InChI=1S/C27H46O2/c1-17(16-28)8-11-23-18(2)25-24(29-23)15-22-20-10-9-19-7-5-6-13-26(19,3)21(20)12-14-27(22,25)4/h17-25,28H,5-16H2,1-4H3/t17?,18-,19+,20-,21+,22+,23?,24+,25+,26+,27+/m1/s1. The molecule has 11 atom stereocenters. The zero-order chi connectivity index (χ0) is 20.4. The van der Waals surface area contributed by atoms with Gasteiger partial charge in [0.25, 0.3) is 0 Å². The SMILES string of the molecule is CC(CO)CCC1O[C@H]2C[C@H]3[C@@H]4CC[C@@H]5CCCC[C@]5(C)[C@H]4CC[C@]3(C)[C@H]2[C@@H]1C. The van der Waals surface area contributed by atoms with Crippen LogP contribution in [0, 0.1) is 52.3 Å². The second kappa shape index (κ2) is 7.51. The van der Waals surface area contributed by atoms with Crippen molar-refractivity contribution in [1.29, 1.82) is 0 Å². The maximum Gasteiger partial charge on any atom is 0.0618 e. The van der Waals surface area contributed by atoms with Crippen LogP contribution in [-0.2, 0) is 4.74 Å². The average Bonchev–Trinajstić information content (AvgIpc) is 3.19. The molecule has 4 saturated carbocycles. The lowest BCUT2D eigenvalue weighted by Crippen LogP contribution is -2.53. The summed E-state index contributed by atoms with van der Waals surface area (Å²) in [5, 5.41) is 9.40. The normalized spacial score (nSPS) is 54.9. The van der Waals surface area contributed by atoms with Crippen LogP contribution >= 0.6 is 0 Å². The Morgan fingerprint density at radius 3 is 2.62 bits per heavy atom. The molecule has 1 aliphatic heterocycles. The molecule has 0 aromatic rings. The molecule has 0 radical (unpaired) electrons. The smallest absolute Gasteiger partial charge is 0.0618 e. The largest absolute Gasteiger partial charge is 0.396 e. The molecule has 5 fully saturated rings. The summed E-state index contributed by atoms with van der Waals surface area (Å²) in [5.74, 6) is 5.79. The second-order valence-electron chi connectivity index (χ2n) is 12.6. The monoisotopic (exact) mass is 402 g/mol. The molecular weight excluding hydrogens is 356 g/mol. The lowest BCUT2D eigenvalue weighted by atomic mass is 9.44. The number of rotatable bonds is 4. The quantitative estimate of drug-likeness (QED) is 0.585. The fourth-order valence-electron chi connectivity index (χ4n) is 9.85. The summed E-state index contributed by atoms with van der Waals surface area (Å²) in [4.78, 5) is 0. The molecule has 166 valence electrons. The van der Waals surface area contributed by atoms with Gasteiger partial charge in [0.05, 0.1) is 12.2 Å². The van der Waals surface area contributed by atoms with E-state index in [0.29, 0.717) is 41.5 Å². The van der Waals surface area contributed by atoms with Gasteiger partial charge in [0.15, 0.2) is 0 Å². The summed E-state index contributed by atoms with van der Waals surface area (Å²) in [6.45, 7) is 10.4. The van der Waals surface area contributed by atoms with E-state index in [1.54, 1.807) is 0 Å². The zero-order valence-electron chi connectivity index (χ0n) is 19.5. The van der Waals surface area contributed by atoms with Gasteiger partial charge in [-0.2, -0.15) is 0 Å². The van der Waals surface area contributed by atoms with E-state index in [0.717, 1.165) is 42.4 Å². The molecule has 0 spiro atoms. The number of ether oxygens (including phenoxy) is 1. The molecule has 2 heteroatoms. The molecule has 1 N–H and O–H groups in total. The maximum absolute atomic E-state index is 9.40. The van der Waals surface area contributed by atoms with E-state index < -0.39 is 0 Å². The Bertz CT molecular complexity index is 603. The highest BCUT2D eigenvalue weighted by Crippen LogP contribution is 2.70. The third kappa shape index (κ3) is 3.09. The summed E-state index contributed by atoms with van der Waals surface area (Å²) < 4.78 is 6.78. The molecule has 5 rings (SSSR count). The number of aliphatic hydroxyl groups is 1. The van der Waals surface area contributed by atoms with Crippen LogP contribution in [0.2, 0.25) is 0 Å². The van der Waals surface area contributed by atoms with E-state index in [2.05, 4.69) is 27.7 Å². The van der Waals surface area contributed by atoms with Crippen molar-refractivity contribution in [2.45, 2.75) is 111 Å². The minimum Gasteiger partial charge on any atom is -0.396 e. The van der Waals surface area contributed by atoms with Gasteiger partial charge in [-0.15, -0.1) is 0 Å². The number of hydrogen-bond donors (Lipinski definition) is 1. The van der Waals surface area contributed by atoms with Gasteiger partial charge in [-0.3, -0.25) is 0 Å². The first kappa shape index (κ1) is 20.8. The van der Waals surface area contributed by atoms with Crippen molar-refractivity contribution in [3.63, 3.8) is 0 Å². The minimum absolute atomic E-state index is 0.316. The molecule has 2 unspecified atom stereocenters. The zero-order valence-corrected chi connectivity index (χ0v) is 19.5. The average molecular weight is 403 g/mol. The van der Waals surface area contributed by atoms with Crippen LogP contribution in [0.4, 0.5) is 0 Å². The van der Waals surface area contributed by atoms with Gasteiger partial charge in [-0.05, 0) is 110 Å². The van der Waals surface area contributed by atoms with Crippen LogP contribution in [0.15, 0.2) is 0 Å². The van der Waals surface area contributed by atoms with Gasteiger partial charge in [0, 0.05) is 6.61 Å². The molecule has 0 aromatic heterocycles. The molecule has 29 heavy (non-hydrogen) atoms. The highest BCUT2D eigenvalue weighted by Gasteiger charge is 2.65. The van der Waals surface area contributed by atoms with Crippen LogP contribution in [-0.4, -0.2) is 23.9 Å². The molecule has 0 aromatic carbocycles. The molecule has 4 aliphatic carbocycles. The second-order valence-corrected chi connectivity index (χ2v) is 12.6. The van der Waals surface area contributed by atoms with Crippen molar-refractivity contribution < 1.29 is 9.84 Å². The van der Waals surface area contributed by atoms with E-state index in [1.165, 1.54) is 57.8 Å². The Morgan fingerprint density at radius 2 is 1.83 bits per heavy atom. The predicted molar refractivity (Wildman–Crippen MR) is 119 cm³/mol.